The number of benzene rings is 1. The van der Waals surface area contributed by atoms with Crippen LogP contribution in [0.1, 0.15) is 5.56 Å². The Morgan fingerprint density at radius 1 is 1.56 bits per heavy atom. The van der Waals surface area contributed by atoms with E-state index in [9.17, 15) is 4.79 Å². The van der Waals surface area contributed by atoms with Crippen LogP contribution in [0, 0.1) is 0 Å². The minimum atomic E-state index is -0.405. The first-order valence-electron chi connectivity index (χ1n) is 5.09. The van der Waals surface area contributed by atoms with Crippen LogP contribution in [0.2, 0.25) is 0 Å². The first kappa shape index (κ1) is 12.6. The van der Waals surface area contributed by atoms with Gasteiger partial charge in [0.1, 0.15) is 0 Å². The van der Waals surface area contributed by atoms with Crippen molar-refractivity contribution in [3.63, 3.8) is 0 Å². The highest BCUT2D eigenvalue weighted by Gasteiger charge is 2.13. The molecule has 0 saturated heterocycles. The van der Waals surface area contributed by atoms with Gasteiger partial charge in [-0.15, -0.1) is 0 Å². The van der Waals surface area contributed by atoms with Crippen molar-refractivity contribution in [2.75, 3.05) is 18.9 Å². The number of aliphatic hydroxyl groups is 1. The summed E-state index contributed by atoms with van der Waals surface area (Å²) in [6, 6.07) is 6.64. The first-order chi connectivity index (χ1) is 7.71. The van der Waals surface area contributed by atoms with Crippen LogP contribution >= 0.6 is 0 Å². The summed E-state index contributed by atoms with van der Waals surface area (Å²) in [4.78, 5) is 11.7. The van der Waals surface area contributed by atoms with Crippen molar-refractivity contribution in [3.8, 4) is 0 Å². The summed E-state index contributed by atoms with van der Waals surface area (Å²) in [7, 11) is 1.68. The molecule has 0 aliphatic heterocycles. The molecule has 1 unspecified atom stereocenters. The van der Waals surface area contributed by atoms with E-state index >= 15 is 0 Å². The number of amides is 1. The van der Waals surface area contributed by atoms with E-state index in [0.717, 1.165) is 5.56 Å². The van der Waals surface area contributed by atoms with Gasteiger partial charge in [-0.25, -0.2) is 0 Å². The predicted molar refractivity (Wildman–Crippen MR) is 62.9 cm³/mol. The number of aliphatic hydroxyl groups excluding tert-OH is 1. The van der Waals surface area contributed by atoms with Gasteiger partial charge in [0.2, 0.25) is 5.91 Å². The highest BCUT2D eigenvalue weighted by molar-refractivity contribution is 5.95. The summed E-state index contributed by atoms with van der Waals surface area (Å²) in [5.41, 5.74) is 6.84. The summed E-state index contributed by atoms with van der Waals surface area (Å²) in [6.45, 7) is 0.193. The van der Waals surface area contributed by atoms with Crippen LogP contribution in [0.5, 0.6) is 0 Å². The lowest BCUT2D eigenvalue weighted by atomic mass is 10.2. The molecule has 0 aromatic heterocycles. The zero-order valence-electron chi connectivity index (χ0n) is 9.23. The van der Waals surface area contributed by atoms with Gasteiger partial charge in [0.05, 0.1) is 12.6 Å². The predicted octanol–water partition coefficient (Wildman–Crippen LogP) is -0.336. The van der Waals surface area contributed by atoms with Gasteiger partial charge in [0.15, 0.2) is 0 Å². The molecule has 88 valence electrons. The number of likely N-dealkylation sites (N-methyl/N-ethyl adjacent to an activating group) is 1. The van der Waals surface area contributed by atoms with Crippen molar-refractivity contribution < 1.29 is 9.90 Å². The lowest BCUT2D eigenvalue weighted by molar-refractivity contribution is -0.117. The number of carbonyl (C=O) groups excluding carboxylic acids is 1. The Morgan fingerprint density at radius 2 is 2.31 bits per heavy atom. The molecule has 5 nitrogen and oxygen atoms in total. The first-order valence-corrected chi connectivity index (χ1v) is 5.09. The molecule has 0 aliphatic rings. The Morgan fingerprint density at radius 3 is 2.88 bits per heavy atom. The molecule has 0 saturated carbocycles. The standard InChI is InChI=1S/C11H17N3O2/c1-13-10(6-12)11(16)14-9-4-2-3-8(5-9)7-15/h2-5,10,13,15H,6-7,12H2,1H3,(H,14,16). The molecule has 5 heteroatoms. The van der Waals surface area contributed by atoms with Gasteiger partial charge in [-0.3, -0.25) is 4.79 Å². The van der Waals surface area contributed by atoms with E-state index in [4.69, 9.17) is 10.8 Å². The van der Waals surface area contributed by atoms with Crippen molar-refractivity contribution in [1.82, 2.24) is 5.32 Å². The second kappa shape index (κ2) is 6.22. The molecule has 1 aromatic rings. The number of anilines is 1. The maximum absolute atomic E-state index is 11.7. The monoisotopic (exact) mass is 223 g/mol. The fourth-order valence-electron chi connectivity index (χ4n) is 1.33. The van der Waals surface area contributed by atoms with Crippen molar-refractivity contribution >= 4 is 11.6 Å². The minimum Gasteiger partial charge on any atom is -0.392 e. The van der Waals surface area contributed by atoms with E-state index in [2.05, 4.69) is 10.6 Å². The van der Waals surface area contributed by atoms with Crippen molar-refractivity contribution in [1.29, 1.82) is 0 Å². The Labute approximate surface area is 94.7 Å². The van der Waals surface area contributed by atoms with Gasteiger partial charge in [-0.1, -0.05) is 12.1 Å². The molecule has 0 radical (unpaired) electrons. The molecule has 5 N–H and O–H groups in total. The van der Waals surface area contributed by atoms with Crippen molar-refractivity contribution in [3.05, 3.63) is 29.8 Å². The zero-order valence-corrected chi connectivity index (χ0v) is 9.23. The molecular weight excluding hydrogens is 206 g/mol. The third kappa shape index (κ3) is 3.30. The summed E-state index contributed by atoms with van der Waals surface area (Å²) in [6.07, 6.45) is 0. The molecule has 0 bridgehead atoms. The fourth-order valence-corrected chi connectivity index (χ4v) is 1.33. The van der Waals surface area contributed by atoms with E-state index < -0.39 is 6.04 Å². The van der Waals surface area contributed by atoms with Gasteiger partial charge in [-0.2, -0.15) is 0 Å². The van der Waals surface area contributed by atoms with E-state index in [1.807, 2.05) is 0 Å². The minimum absolute atomic E-state index is 0.0456. The Hall–Kier alpha value is -1.43. The van der Waals surface area contributed by atoms with E-state index in [1.165, 1.54) is 0 Å². The molecule has 16 heavy (non-hydrogen) atoms. The van der Waals surface area contributed by atoms with E-state index in [-0.39, 0.29) is 19.1 Å². The van der Waals surface area contributed by atoms with Crippen LogP contribution in [0.15, 0.2) is 24.3 Å². The van der Waals surface area contributed by atoms with Crippen molar-refractivity contribution in [2.45, 2.75) is 12.6 Å². The van der Waals surface area contributed by atoms with Gasteiger partial charge in [0.25, 0.3) is 0 Å². The lowest BCUT2D eigenvalue weighted by Crippen LogP contribution is -2.43. The van der Waals surface area contributed by atoms with Gasteiger partial charge in [0, 0.05) is 12.2 Å². The van der Waals surface area contributed by atoms with Crippen LogP contribution in [0.25, 0.3) is 0 Å². The Balaban J connectivity index is 2.68. The molecule has 1 amide bonds. The lowest BCUT2D eigenvalue weighted by Gasteiger charge is -2.14. The van der Waals surface area contributed by atoms with E-state index in [1.54, 1.807) is 31.3 Å². The third-order valence-electron chi connectivity index (χ3n) is 2.28. The molecule has 0 aliphatic carbocycles. The molecule has 0 fully saturated rings. The number of rotatable bonds is 5. The quantitative estimate of drug-likeness (QED) is 0.550. The van der Waals surface area contributed by atoms with Crippen LogP contribution in [0.3, 0.4) is 0 Å². The fraction of sp³-hybridized carbons (Fsp3) is 0.364. The second-order valence-corrected chi connectivity index (χ2v) is 3.42. The topological polar surface area (TPSA) is 87.4 Å². The molecule has 0 heterocycles. The molecule has 1 aromatic carbocycles. The van der Waals surface area contributed by atoms with Gasteiger partial charge < -0.3 is 21.5 Å². The number of carbonyl (C=O) groups is 1. The second-order valence-electron chi connectivity index (χ2n) is 3.42. The summed E-state index contributed by atoms with van der Waals surface area (Å²) in [5, 5.41) is 14.5. The molecule has 0 spiro atoms. The number of hydrogen-bond donors (Lipinski definition) is 4. The number of nitrogens with two attached hydrogens (primary N) is 1. The average Bonchev–Trinajstić information content (AvgIpc) is 2.31. The highest BCUT2D eigenvalue weighted by Crippen LogP contribution is 2.10. The van der Waals surface area contributed by atoms with Gasteiger partial charge >= 0.3 is 0 Å². The van der Waals surface area contributed by atoms with Crippen LogP contribution in [-0.4, -0.2) is 30.6 Å². The normalized spacial score (nSPS) is 12.2. The number of nitrogens with one attached hydrogen (secondary N) is 2. The Kier molecular flexibility index (Phi) is 4.91. The highest BCUT2D eigenvalue weighted by atomic mass is 16.3. The van der Waals surface area contributed by atoms with Crippen LogP contribution < -0.4 is 16.4 Å². The van der Waals surface area contributed by atoms with Crippen LogP contribution in [0.4, 0.5) is 5.69 Å². The third-order valence-corrected chi connectivity index (χ3v) is 2.28. The average molecular weight is 223 g/mol. The van der Waals surface area contributed by atoms with Crippen molar-refractivity contribution in [2.24, 2.45) is 5.73 Å². The largest absolute Gasteiger partial charge is 0.392 e. The maximum Gasteiger partial charge on any atom is 0.242 e. The van der Waals surface area contributed by atoms with Gasteiger partial charge in [-0.05, 0) is 24.7 Å². The molecule has 1 atom stereocenters. The Bertz CT molecular complexity index is 351. The molecule has 1 rings (SSSR count). The van der Waals surface area contributed by atoms with E-state index in [0.29, 0.717) is 5.69 Å². The SMILES string of the molecule is CNC(CN)C(=O)Nc1cccc(CO)c1. The number of hydrogen-bond acceptors (Lipinski definition) is 4. The zero-order chi connectivity index (χ0) is 12.0. The molecular formula is C11H17N3O2. The summed E-state index contributed by atoms with van der Waals surface area (Å²) >= 11 is 0. The smallest absolute Gasteiger partial charge is 0.242 e. The summed E-state index contributed by atoms with van der Waals surface area (Å²) < 4.78 is 0. The maximum atomic E-state index is 11.7. The van der Waals surface area contributed by atoms with Crippen LogP contribution in [-0.2, 0) is 11.4 Å². The summed E-state index contributed by atoms with van der Waals surface area (Å²) in [5.74, 6) is -0.180.